The van der Waals surface area contributed by atoms with Crippen molar-refractivity contribution in [3.63, 3.8) is 0 Å². The van der Waals surface area contributed by atoms with Crippen molar-refractivity contribution in [3.05, 3.63) is 64.2 Å². The van der Waals surface area contributed by atoms with E-state index in [-0.39, 0.29) is 0 Å². The fourth-order valence-electron chi connectivity index (χ4n) is 3.13. The summed E-state index contributed by atoms with van der Waals surface area (Å²) < 4.78 is 1.75. The van der Waals surface area contributed by atoms with Crippen LogP contribution in [0, 0.1) is 6.92 Å². The monoisotopic (exact) mass is 351 g/mol. The van der Waals surface area contributed by atoms with Gasteiger partial charge in [-0.05, 0) is 30.9 Å². The number of carbonyl (C=O) groups excluding carboxylic acids is 1. The van der Waals surface area contributed by atoms with Crippen LogP contribution in [0.5, 0.6) is 0 Å². The molecule has 4 rings (SSSR count). The van der Waals surface area contributed by atoms with Crippen LogP contribution in [0.25, 0.3) is 10.7 Å². The van der Waals surface area contributed by atoms with Crippen molar-refractivity contribution in [1.82, 2.24) is 14.8 Å². The molecule has 2 aromatic heterocycles. The van der Waals surface area contributed by atoms with E-state index in [4.69, 9.17) is 5.73 Å². The zero-order valence-corrected chi connectivity index (χ0v) is 14.7. The Kier molecular flexibility index (Phi) is 3.65. The molecule has 7 heteroatoms. The van der Waals surface area contributed by atoms with Gasteiger partial charge in [0.15, 0.2) is 5.82 Å². The third-order valence-electron chi connectivity index (χ3n) is 4.22. The van der Waals surface area contributed by atoms with Gasteiger partial charge in [0.1, 0.15) is 6.04 Å². The fourth-order valence-corrected chi connectivity index (χ4v) is 3.78. The fraction of sp³-hybridized carbons (Fsp3) is 0.167. The Balaban J connectivity index is 1.91. The van der Waals surface area contributed by atoms with Crippen molar-refractivity contribution in [2.45, 2.75) is 19.9 Å². The molecule has 25 heavy (non-hydrogen) atoms. The van der Waals surface area contributed by atoms with E-state index in [1.54, 1.807) is 16.0 Å². The third kappa shape index (κ3) is 2.62. The molecule has 6 nitrogen and oxygen atoms in total. The molecule has 0 saturated carbocycles. The van der Waals surface area contributed by atoms with Crippen molar-refractivity contribution in [2.75, 3.05) is 5.32 Å². The topological polar surface area (TPSA) is 85.8 Å². The number of rotatable bonds is 3. The molecule has 1 amide bonds. The zero-order chi connectivity index (χ0) is 17.6. The Bertz CT molecular complexity index is 987. The van der Waals surface area contributed by atoms with E-state index in [0.29, 0.717) is 23.0 Å². The summed E-state index contributed by atoms with van der Waals surface area (Å²) in [5.41, 5.74) is 8.96. The number of nitrogens with zero attached hydrogens (tertiary/aromatic N) is 3. The lowest BCUT2D eigenvalue weighted by atomic mass is 9.94. The maximum absolute atomic E-state index is 12.1. The number of anilines is 1. The van der Waals surface area contributed by atoms with Crippen molar-refractivity contribution in [3.8, 4) is 10.7 Å². The Morgan fingerprint density at radius 2 is 2.12 bits per heavy atom. The molecule has 0 saturated heterocycles. The van der Waals surface area contributed by atoms with E-state index < -0.39 is 11.9 Å². The van der Waals surface area contributed by atoms with Crippen LogP contribution in [0.3, 0.4) is 0 Å². The van der Waals surface area contributed by atoms with Gasteiger partial charge < -0.3 is 11.1 Å². The number of hydrogen-bond donors (Lipinski definition) is 2. The number of nitrogens with one attached hydrogen (secondary N) is 1. The molecule has 0 aliphatic carbocycles. The molecular weight excluding hydrogens is 334 g/mol. The number of aromatic nitrogens is 3. The van der Waals surface area contributed by atoms with Crippen LogP contribution in [-0.2, 0) is 4.79 Å². The lowest BCUT2D eigenvalue weighted by molar-refractivity contribution is -0.115. The molecule has 3 aromatic rings. The SMILES string of the molecule is CC1=C(C(N)=O)[C@H](c2cccc(C)c2)n2nc(-c3cccs3)nc2N1. The maximum Gasteiger partial charge on any atom is 0.248 e. The van der Waals surface area contributed by atoms with Gasteiger partial charge in [0, 0.05) is 5.70 Å². The van der Waals surface area contributed by atoms with Crippen LogP contribution >= 0.6 is 11.3 Å². The lowest BCUT2D eigenvalue weighted by Gasteiger charge is -2.27. The smallest absolute Gasteiger partial charge is 0.248 e. The van der Waals surface area contributed by atoms with Crippen molar-refractivity contribution in [2.24, 2.45) is 5.73 Å². The van der Waals surface area contributed by atoms with E-state index in [1.807, 2.05) is 55.6 Å². The number of aryl methyl sites for hydroxylation is 1. The Hall–Kier alpha value is -2.93. The van der Waals surface area contributed by atoms with Crippen LogP contribution in [0.4, 0.5) is 5.95 Å². The normalized spacial score (nSPS) is 16.5. The summed E-state index contributed by atoms with van der Waals surface area (Å²) in [6.07, 6.45) is 0. The summed E-state index contributed by atoms with van der Waals surface area (Å²) >= 11 is 1.58. The first-order valence-electron chi connectivity index (χ1n) is 7.89. The van der Waals surface area contributed by atoms with E-state index in [2.05, 4.69) is 15.4 Å². The summed E-state index contributed by atoms with van der Waals surface area (Å²) in [5, 5.41) is 9.81. The molecule has 126 valence electrons. The van der Waals surface area contributed by atoms with Gasteiger partial charge in [-0.15, -0.1) is 16.4 Å². The molecule has 0 fully saturated rings. The minimum atomic E-state index is -0.463. The predicted octanol–water partition coefficient (Wildman–Crippen LogP) is 3.09. The number of amides is 1. The van der Waals surface area contributed by atoms with E-state index in [0.717, 1.165) is 16.0 Å². The molecular formula is C18H17N5OS. The highest BCUT2D eigenvalue weighted by Crippen LogP contribution is 2.36. The first kappa shape index (κ1) is 15.6. The second-order valence-electron chi connectivity index (χ2n) is 6.03. The van der Waals surface area contributed by atoms with Crippen molar-refractivity contribution < 1.29 is 4.79 Å². The quantitative estimate of drug-likeness (QED) is 0.759. The summed E-state index contributed by atoms with van der Waals surface area (Å²) in [4.78, 5) is 17.7. The number of carbonyl (C=O) groups is 1. The summed E-state index contributed by atoms with van der Waals surface area (Å²) in [5.74, 6) is 0.779. The largest absolute Gasteiger partial charge is 0.366 e. The van der Waals surface area contributed by atoms with Gasteiger partial charge in [-0.2, -0.15) is 4.98 Å². The number of thiophene rings is 1. The number of nitrogens with two attached hydrogens (primary N) is 1. The lowest BCUT2D eigenvalue weighted by Crippen LogP contribution is -2.31. The van der Waals surface area contributed by atoms with Gasteiger partial charge in [-0.25, -0.2) is 4.68 Å². The molecule has 0 unspecified atom stereocenters. The Morgan fingerprint density at radius 3 is 2.80 bits per heavy atom. The number of primary amides is 1. The van der Waals surface area contributed by atoms with Crippen LogP contribution < -0.4 is 11.1 Å². The number of allylic oxidation sites excluding steroid dienone is 1. The highest BCUT2D eigenvalue weighted by molar-refractivity contribution is 7.13. The van der Waals surface area contributed by atoms with Gasteiger partial charge in [0.05, 0.1) is 10.5 Å². The second-order valence-corrected chi connectivity index (χ2v) is 6.97. The van der Waals surface area contributed by atoms with Crippen molar-refractivity contribution >= 4 is 23.2 Å². The van der Waals surface area contributed by atoms with Gasteiger partial charge in [0.2, 0.25) is 11.9 Å². The molecule has 3 N–H and O–H groups in total. The number of hydrogen-bond acceptors (Lipinski definition) is 5. The Morgan fingerprint density at radius 1 is 1.28 bits per heavy atom. The first-order valence-corrected chi connectivity index (χ1v) is 8.77. The standard InChI is InChI=1S/C18H17N5OS/c1-10-5-3-6-12(9-10)15-14(16(19)24)11(2)20-18-21-17(22-23(15)18)13-7-4-8-25-13/h3-9,15H,1-2H3,(H2,19,24)(H,20,21,22)/t15-/m0/s1. The molecule has 1 aliphatic heterocycles. The summed E-state index contributed by atoms with van der Waals surface area (Å²) in [6, 6.07) is 11.6. The molecule has 0 bridgehead atoms. The van der Waals surface area contributed by atoms with Crippen molar-refractivity contribution in [1.29, 1.82) is 0 Å². The van der Waals surface area contributed by atoms with E-state index in [9.17, 15) is 4.79 Å². The van der Waals surface area contributed by atoms with Gasteiger partial charge in [-0.3, -0.25) is 4.79 Å². The van der Waals surface area contributed by atoms with Gasteiger partial charge in [0.25, 0.3) is 0 Å². The minimum Gasteiger partial charge on any atom is -0.366 e. The number of fused-ring (bicyclic) bond motifs is 1. The zero-order valence-electron chi connectivity index (χ0n) is 13.9. The third-order valence-corrected chi connectivity index (χ3v) is 5.08. The van der Waals surface area contributed by atoms with Crippen LogP contribution in [-0.4, -0.2) is 20.7 Å². The average molecular weight is 351 g/mol. The molecule has 1 aromatic carbocycles. The highest BCUT2D eigenvalue weighted by atomic mass is 32.1. The van der Waals surface area contributed by atoms with E-state index >= 15 is 0 Å². The number of benzene rings is 1. The van der Waals surface area contributed by atoms with Crippen LogP contribution in [0.15, 0.2) is 53.0 Å². The van der Waals surface area contributed by atoms with Crippen LogP contribution in [0.1, 0.15) is 24.1 Å². The Labute approximate surface area is 149 Å². The molecule has 1 aliphatic rings. The molecule has 1 atom stereocenters. The maximum atomic E-state index is 12.1. The van der Waals surface area contributed by atoms with Gasteiger partial charge >= 0.3 is 0 Å². The second kappa shape index (κ2) is 5.86. The van der Waals surface area contributed by atoms with Gasteiger partial charge in [-0.1, -0.05) is 35.9 Å². The summed E-state index contributed by atoms with van der Waals surface area (Å²) in [6.45, 7) is 3.86. The molecule has 0 radical (unpaired) electrons. The minimum absolute atomic E-state index is 0.394. The summed E-state index contributed by atoms with van der Waals surface area (Å²) in [7, 11) is 0. The molecule has 0 spiro atoms. The highest BCUT2D eigenvalue weighted by Gasteiger charge is 2.33. The first-order chi connectivity index (χ1) is 12.0. The van der Waals surface area contributed by atoms with E-state index in [1.165, 1.54) is 0 Å². The predicted molar refractivity (Wildman–Crippen MR) is 98.2 cm³/mol. The van der Waals surface area contributed by atoms with Crippen LogP contribution in [0.2, 0.25) is 0 Å². The molecule has 3 heterocycles. The average Bonchev–Trinajstić information content (AvgIpc) is 3.22.